The van der Waals surface area contributed by atoms with Crippen LogP contribution in [0.5, 0.6) is 0 Å². The molecule has 0 amide bonds. The van der Waals surface area contributed by atoms with E-state index < -0.39 is 6.10 Å². The fourth-order valence-corrected chi connectivity index (χ4v) is 9.60. The molecule has 0 fully saturated rings. The minimum absolute atomic E-state index is 0.0617. The number of ether oxygens (including phenoxy) is 3. The third-order valence-electron chi connectivity index (χ3n) is 14.7. The lowest BCUT2D eigenvalue weighted by atomic mass is 9.99. The maximum atomic E-state index is 12.9. The van der Waals surface area contributed by atoms with Crippen LogP contribution in [-0.2, 0) is 28.6 Å². The molecule has 0 aromatic carbocycles. The van der Waals surface area contributed by atoms with E-state index in [4.69, 9.17) is 14.2 Å². The zero-order valence-electron chi connectivity index (χ0n) is 46.6. The van der Waals surface area contributed by atoms with Crippen molar-refractivity contribution in [1.29, 1.82) is 0 Å². The summed E-state index contributed by atoms with van der Waals surface area (Å²) in [5.41, 5.74) is 0. The Labute approximate surface area is 425 Å². The number of hydrogen-bond donors (Lipinski definition) is 0. The Bertz CT molecular complexity index is 1030. The van der Waals surface area contributed by atoms with Crippen LogP contribution in [0.25, 0.3) is 0 Å². The molecule has 0 spiro atoms. The van der Waals surface area contributed by atoms with Crippen molar-refractivity contribution >= 4 is 17.9 Å². The lowest BCUT2D eigenvalue weighted by Gasteiger charge is -2.18. The minimum Gasteiger partial charge on any atom is -0.462 e. The van der Waals surface area contributed by atoms with Gasteiger partial charge < -0.3 is 14.2 Å². The highest BCUT2D eigenvalue weighted by atomic mass is 16.6. The van der Waals surface area contributed by atoms with E-state index in [1.165, 1.54) is 250 Å². The fraction of sp³-hybridized carbons (Fsp3) is 0.952. The van der Waals surface area contributed by atoms with E-state index in [1.807, 2.05) is 0 Å². The molecule has 0 saturated heterocycles. The average molecular weight is 962 g/mol. The van der Waals surface area contributed by atoms with Gasteiger partial charge in [0.15, 0.2) is 6.10 Å². The molecule has 0 aromatic rings. The summed E-state index contributed by atoms with van der Waals surface area (Å²) in [6.45, 7) is 9.10. The van der Waals surface area contributed by atoms with E-state index in [9.17, 15) is 14.4 Å². The smallest absolute Gasteiger partial charge is 0.306 e. The summed E-state index contributed by atoms with van der Waals surface area (Å²) in [6, 6.07) is 0. The van der Waals surface area contributed by atoms with E-state index in [0.717, 1.165) is 63.7 Å². The number of unbranched alkanes of at least 4 members (excludes halogenated alkanes) is 43. The summed E-state index contributed by atoms with van der Waals surface area (Å²) in [7, 11) is 0. The van der Waals surface area contributed by atoms with Crippen LogP contribution in [0.1, 0.15) is 355 Å². The van der Waals surface area contributed by atoms with Gasteiger partial charge in [0.2, 0.25) is 0 Å². The summed E-state index contributed by atoms with van der Waals surface area (Å²) in [4.78, 5) is 38.1. The monoisotopic (exact) mass is 961 g/mol. The van der Waals surface area contributed by atoms with Gasteiger partial charge in [-0.1, -0.05) is 317 Å². The molecule has 0 aliphatic rings. The molecule has 0 N–H and O–H groups in total. The van der Waals surface area contributed by atoms with Gasteiger partial charge in [-0.3, -0.25) is 14.4 Å². The Kier molecular flexibility index (Phi) is 55.0. The molecule has 0 aliphatic carbocycles. The lowest BCUT2D eigenvalue weighted by Crippen LogP contribution is -2.30. The highest BCUT2D eigenvalue weighted by Crippen LogP contribution is 2.19. The van der Waals surface area contributed by atoms with Gasteiger partial charge >= 0.3 is 17.9 Å². The third kappa shape index (κ3) is 53.8. The molecule has 0 radical (unpaired) electrons. The molecular formula is C62H120O6. The Hall–Kier alpha value is -1.59. The Balaban J connectivity index is 4.16. The second kappa shape index (κ2) is 56.3. The molecule has 6 nitrogen and oxygen atoms in total. The normalized spacial score (nSPS) is 12.4. The summed E-state index contributed by atoms with van der Waals surface area (Å²) in [6.07, 6.45) is 62.5. The van der Waals surface area contributed by atoms with E-state index in [2.05, 4.69) is 27.7 Å². The van der Waals surface area contributed by atoms with Gasteiger partial charge in [-0.2, -0.15) is 0 Å². The maximum Gasteiger partial charge on any atom is 0.306 e. The quantitative estimate of drug-likeness (QED) is 0.0343. The predicted octanol–water partition coefficient (Wildman–Crippen LogP) is 20.6. The number of carbonyl (C=O) groups excluding carboxylic acids is 3. The average Bonchev–Trinajstić information content (AvgIpc) is 3.34. The Morgan fingerprint density at radius 3 is 0.765 bits per heavy atom. The molecule has 404 valence electrons. The van der Waals surface area contributed by atoms with Crippen LogP contribution in [0.15, 0.2) is 0 Å². The molecular weight excluding hydrogens is 841 g/mol. The molecule has 0 rings (SSSR count). The van der Waals surface area contributed by atoms with Crippen molar-refractivity contribution in [3.05, 3.63) is 0 Å². The second-order valence-corrected chi connectivity index (χ2v) is 21.6. The van der Waals surface area contributed by atoms with Gasteiger partial charge in [0.1, 0.15) is 13.2 Å². The van der Waals surface area contributed by atoms with Crippen LogP contribution in [0.4, 0.5) is 0 Å². The van der Waals surface area contributed by atoms with Gasteiger partial charge in [0.05, 0.1) is 0 Å². The first-order valence-electron chi connectivity index (χ1n) is 30.9. The van der Waals surface area contributed by atoms with Crippen molar-refractivity contribution in [3.8, 4) is 0 Å². The van der Waals surface area contributed by atoms with Crippen molar-refractivity contribution in [2.75, 3.05) is 13.2 Å². The van der Waals surface area contributed by atoms with E-state index in [0.29, 0.717) is 19.3 Å². The number of hydrogen-bond acceptors (Lipinski definition) is 6. The molecule has 0 heterocycles. The van der Waals surface area contributed by atoms with Crippen LogP contribution >= 0.6 is 0 Å². The lowest BCUT2D eigenvalue weighted by molar-refractivity contribution is -0.167. The molecule has 0 aromatic heterocycles. The Morgan fingerprint density at radius 1 is 0.294 bits per heavy atom. The number of esters is 3. The van der Waals surface area contributed by atoms with Crippen molar-refractivity contribution in [3.63, 3.8) is 0 Å². The topological polar surface area (TPSA) is 78.9 Å². The summed E-state index contributed by atoms with van der Waals surface area (Å²) < 4.78 is 16.9. The van der Waals surface area contributed by atoms with Crippen molar-refractivity contribution in [2.45, 2.75) is 361 Å². The van der Waals surface area contributed by atoms with E-state index in [-0.39, 0.29) is 31.1 Å². The first-order valence-corrected chi connectivity index (χ1v) is 30.9. The summed E-state index contributed by atoms with van der Waals surface area (Å²) >= 11 is 0. The van der Waals surface area contributed by atoms with Gasteiger partial charge in [0.25, 0.3) is 0 Å². The van der Waals surface area contributed by atoms with Crippen LogP contribution in [-0.4, -0.2) is 37.2 Å². The van der Waals surface area contributed by atoms with Crippen molar-refractivity contribution in [2.24, 2.45) is 5.92 Å². The summed E-state index contributed by atoms with van der Waals surface area (Å²) in [5, 5.41) is 0. The van der Waals surface area contributed by atoms with Crippen molar-refractivity contribution < 1.29 is 28.6 Å². The Morgan fingerprint density at radius 2 is 0.515 bits per heavy atom. The molecule has 0 aliphatic heterocycles. The highest BCUT2D eigenvalue weighted by molar-refractivity contribution is 5.71. The van der Waals surface area contributed by atoms with Gasteiger partial charge in [-0.15, -0.1) is 0 Å². The molecule has 1 unspecified atom stereocenters. The van der Waals surface area contributed by atoms with E-state index >= 15 is 0 Å². The van der Waals surface area contributed by atoms with Gasteiger partial charge in [-0.05, 0) is 25.2 Å². The zero-order valence-corrected chi connectivity index (χ0v) is 46.6. The fourth-order valence-electron chi connectivity index (χ4n) is 9.60. The van der Waals surface area contributed by atoms with Gasteiger partial charge in [-0.25, -0.2) is 0 Å². The highest BCUT2D eigenvalue weighted by Gasteiger charge is 2.19. The van der Waals surface area contributed by atoms with Crippen LogP contribution in [0.3, 0.4) is 0 Å². The maximum absolute atomic E-state index is 12.9. The van der Waals surface area contributed by atoms with Gasteiger partial charge in [0, 0.05) is 19.3 Å². The van der Waals surface area contributed by atoms with Crippen molar-refractivity contribution in [1.82, 2.24) is 0 Å². The second-order valence-electron chi connectivity index (χ2n) is 21.6. The molecule has 68 heavy (non-hydrogen) atoms. The first kappa shape index (κ1) is 66.4. The molecule has 0 bridgehead atoms. The minimum atomic E-state index is -0.761. The molecule has 2 atom stereocenters. The zero-order chi connectivity index (χ0) is 49.5. The largest absolute Gasteiger partial charge is 0.462 e. The SMILES string of the molecule is CCCCCCCCCCCCCCCCCCCCCC(=O)O[C@H](COC(=O)CCCCCCCCCCC)COC(=O)CCCCCCCCCCCCCCCCCCCCC(C)CC. The van der Waals surface area contributed by atoms with Crippen LogP contribution in [0, 0.1) is 5.92 Å². The number of carbonyl (C=O) groups is 3. The third-order valence-corrected chi connectivity index (χ3v) is 14.7. The standard InChI is InChI=1S/C62H120O6/c1-5-8-10-12-14-16-17-18-19-20-21-26-29-32-35-39-43-47-51-55-62(65)68-59(56-66-60(63)53-49-45-41-36-15-13-11-9-6-2)57-67-61(64)54-50-46-42-38-34-31-28-25-23-22-24-27-30-33-37-40-44-48-52-58(4)7-3/h58-59H,5-57H2,1-4H3/t58?,59-/m1/s1. The molecule has 6 heteroatoms. The van der Waals surface area contributed by atoms with Crippen LogP contribution < -0.4 is 0 Å². The summed E-state index contributed by atoms with van der Waals surface area (Å²) in [5.74, 6) is 0.0751. The van der Waals surface area contributed by atoms with Crippen LogP contribution in [0.2, 0.25) is 0 Å². The first-order chi connectivity index (χ1) is 33.4. The number of rotatable bonds is 57. The van der Waals surface area contributed by atoms with E-state index in [1.54, 1.807) is 0 Å². The molecule has 0 saturated carbocycles. The predicted molar refractivity (Wildman–Crippen MR) is 293 cm³/mol.